The fraction of sp³-hybridized carbons (Fsp3) is 0.737. The number of nitrogens with zero attached hydrogens (tertiary/aromatic N) is 5. The van der Waals surface area contributed by atoms with Gasteiger partial charge >= 0.3 is 0 Å². The van der Waals surface area contributed by atoms with Gasteiger partial charge < -0.3 is 19.9 Å². The Morgan fingerprint density at radius 3 is 2.63 bits per heavy atom. The molecule has 1 N–H and O–H groups in total. The normalized spacial score (nSPS) is 29.6. The van der Waals surface area contributed by atoms with Crippen molar-refractivity contribution >= 4 is 35.9 Å². The van der Waals surface area contributed by atoms with E-state index in [1.807, 2.05) is 6.07 Å². The van der Waals surface area contributed by atoms with E-state index in [2.05, 4.69) is 45.9 Å². The van der Waals surface area contributed by atoms with Crippen LogP contribution in [0.3, 0.4) is 0 Å². The highest BCUT2D eigenvalue weighted by molar-refractivity contribution is 14.0. The van der Waals surface area contributed by atoms with Gasteiger partial charge in [0.05, 0.1) is 6.10 Å². The maximum atomic E-state index is 5.93. The summed E-state index contributed by atoms with van der Waals surface area (Å²) in [6.45, 7) is 12.1. The SMILES string of the molecule is CCN=C(NC1C2CCOC2C1(C)C)N1CCN(c2ncccn2)CC1.I. The zero-order chi connectivity index (χ0) is 18.1. The summed E-state index contributed by atoms with van der Waals surface area (Å²) in [5, 5.41) is 3.79. The highest BCUT2D eigenvalue weighted by Crippen LogP contribution is 2.52. The molecular formula is C19H31IN6O. The molecule has 8 heteroatoms. The van der Waals surface area contributed by atoms with Gasteiger partial charge in [0.25, 0.3) is 0 Å². The van der Waals surface area contributed by atoms with E-state index >= 15 is 0 Å². The average Bonchev–Trinajstić information content (AvgIpc) is 3.13. The van der Waals surface area contributed by atoms with Crippen molar-refractivity contribution in [3.05, 3.63) is 18.5 Å². The zero-order valence-electron chi connectivity index (χ0n) is 16.5. The molecule has 0 bridgehead atoms. The van der Waals surface area contributed by atoms with Gasteiger partial charge in [-0.3, -0.25) is 4.99 Å². The van der Waals surface area contributed by atoms with E-state index < -0.39 is 0 Å². The molecule has 3 unspecified atom stereocenters. The molecule has 0 spiro atoms. The Morgan fingerprint density at radius 2 is 1.96 bits per heavy atom. The smallest absolute Gasteiger partial charge is 0.225 e. The number of anilines is 1. The third-order valence-electron chi connectivity index (χ3n) is 6.11. The van der Waals surface area contributed by atoms with Crippen LogP contribution in [0.15, 0.2) is 23.5 Å². The molecule has 2 saturated heterocycles. The molecule has 0 radical (unpaired) electrons. The molecule has 3 atom stereocenters. The number of guanidine groups is 1. The Labute approximate surface area is 179 Å². The molecule has 1 aromatic rings. The summed E-state index contributed by atoms with van der Waals surface area (Å²) in [5.41, 5.74) is 0.162. The van der Waals surface area contributed by atoms with Gasteiger partial charge in [-0.05, 0) is 19.4 Å². The Kier molecular flexibility index (Phi) is 6.45. The first-order valence-electron chi connectivity index (χ1n) is 9.80. The molecule has 0 aromatic carbocycles. The van der Waals surface area contributed by atoms with Crippen molar-refractivity contribution in [1.82, 2.24) is 20.2 Å². The molecule has 3 heterocycles. The predicted octanol–water partition coefficient (Wildman–Crippen LogP) is 2.00. The van der Waals surface area contributed by atoms with E-state index in [4.69, 9.17) is 9.73 Å². The third kappa shape index (κ3) is 3.87. The van der Waals surface area contributed by atoms with Crippen LogP contribution in [0.25, 0.3) is 0 Å². The summed E-state index contributed by atoms with van der Waals surface area (Å²) in [4.78, 5) is 18.2. The van der Waals surface area contributed by atoms with E-state index in [1.54, 1.807) is 12.4 Å². The molecule has 7 nitrogen and oxygen atoms in total. The fourth-order valence-corrected chi connectivity index (χ4v) is 4.72. The maximum Gasteiger partial charge on any atom is 0.225 e. The second-order valence-electron chi connectivity index (χ2n) is 8.01. The van der Waals surface area contributed by atoms with Gasteiger partial charge in [-0.25, -0.2) is 9.97 Å². The average molecular weight is 486 g/mol. The first-order valence-corrected chi connectivity index (χ1v) is 9.80. The van der Waals surface area contributed by atoms with Crippen molar-refractivity contribution in [2.45, 2.75) is 39.3 Å². The van der Waals surface area contributed by atoms with Crippen LogP contribution in [-0.2, 0) is 4.74 Å². The number of hydrogen-bond acceptors (Lipinski definition) is 5. The Morgan fingerprint density at radius 1 is 1.26 bits per heavy atom. The number of fused-ring (bicyclic) bond motifs is 1. The van der Waals surface area contributed by atoms with Crippen molar-refractivity contribution in [3.63, 3.8) is 0 Å². The van der Waals surface area contributed by atoms with E-state index in [9.17, 15) is 0 Å². The van der Waals surface area contributed by atoms with E-state index in [0.717, 1.165) is 57.7 Å². The van der Waals surface area contributed by atoms with Gasteiger partial charge in [0.15, 0.2) is 5.96 Å². The van der Waals surface area contributed by atoms with Gasteiger partial charge in [0.1, 0.15) is 0 Å². The van der Waals surface area contributed by atoms with Crippen LogP contribution in [0.4, 0.5) is 5.95 Å². The molecule has 2 aliphatic heterocycles. The van der Waals surface area contributed by atoms with Crippen molar-refractivity contribution in [3.8, 4) is 0 Å². The lowest BCUT2D eigenvalue weighted by molar-refractivity contribution is -0.107. The number of ether oxygens (including phenoxy) is 1. The van der Waals surface area contributed by atoms with Gasteiger partial charge in [-0.1, -0.05) is 13.8 Å². The molecule has 150 valence electrons. The summed E-state index contributed by atoms with van der Waals surface area (Å²) < 4.78 is 5.93. The van der Waals surface area contributed by atoms with E-state index in [-0.39, 0.29) is 29.4 Å². The second-order valence-corrected chi connectivity index (χ2v) is 8.01. The molecule has 1 aliphatic carbocycles. The van der Waals surface area contributed by atoms with Gasteiger partial charge in [-0.15, -0.1) is 24.0 Å². The third-order valence-corrected chi connectivity index (χ3v) is 6.11. The van der Waals surface area contributed by atoms with Crippen molar-refractivity contribution in [1.29, 1.82) is 0 Å². The minimum Gasteiger partial charge on any atom is -0.377 e. The van der Waals surface area contributed by atoms with Crippen LogP contribution in [-0.4, -0.2) is 72.3 Å². The molecule has 1 saturated carbocycles. The summed E-state index contributed by atoms with van der Waals surface area (Å²) in [5.74, 6) is 2.48. The van der Waals surface area contributed by atoms with E-state index in [0.29, 0.717) is 18.1 Å². The molecule has 3 aliphatic rings. The number of rotatable bonds is 3. The molecule has 1 aromatic heterocycles. The Hall–Kier alpha value is -1.16. The predicted molar refractivity (Wildman–Crippen MR) is 118 cm³/mol. The first-order chi connectivity index (χ1) is 12.6. The lowest BCUT2D eigenvalue weighted by Gasteiger charge is -2.55. The summed E-state index contributed by atoms with van der Waals surface area (Å²) in [6, 6.07) is 2.30. The van der Waals surface area contributed by atoms with Crippen molar-refractivity contribution in [2.24, 2.45) is 16.3 Å². The number of piperazine rings is 1. The second kappa shape index (κ2) is 8.46. The van der Waals surface area contributed by atoms with Crippen LogP contribution in [0.1, 0.15) is 27.2 Å². The number of halogens is 1. The lowest BCUT2D eigenvalue weighted by atomic mass is 9.57. The molecule has 27 heavy (non-hydrogen) atoms. The van der Waals surface area contributed by atoms with Crippen LogP contribution in [0, 0.1) is 11.3 Å². The number of hydrogen-bond donors (Lipinski definition) is 1. The van der Waals surface area contributed by atoms with Crippen LogP contribution >= 0.6 is 24.0 Å². The number of nitrogens with one attached hydrogen (secondary N) is 1. The topological polar surface area (TPSA) is 65.9 Å². The zero-order valence-corrected chi connectivity index (χ0v) is 18.8. The molecule has 3 fully saturated rings. The Balaban J connectivity index is 0.00000210. The molecular weight excluding hydrogens is 455 g/mol. The Bertz CT molecular complexity index is 647. The minimum absolute atomic E-state index is 0. The van der Waals surface area contributed by atoms with Gasteiger partial charge in [-0.2, -0.15) is 0 Å². The van der Waals surface area contributed by atoms with Crippen LogP contribution in [0.5, 0.6) is 0 Å². The fourth-order valence-electron chi connectivity index (χ4n) is 4.72. The van der Waals surface area contributed by atoms with Crippen molar-refractivity contribution < 1.29 is 4.74 Å². The largest absolute Gasteiger partial charge is 0.377 e. The minimum atomic E-state index is 0. The summed E-state index contributed by atoms with van der Waals surface area (Å²) >= 11 is 0. The van der Waals surface area contributed by atoms with Crippen molar-refractivity contribution in [2.75, 3.05) is 44.2 Å². The number of aromatic nitrogens is 2. The highest BCUT2D eigenvalue weighted by atomic mass is 127. The highest BCUT2D eigenvalue weighted by Gasteiger charge is 2.59. The monoisotopic (exact) mass is 486 g/mol. The summed E-state index contributed by atoms with van der Waals surface area (Å²) in [7, 11) is 0. The lowest BCUT2D eigenvalue weighted by Crippen LogP contribution is -2.68. The molecule has 4 rings (SSSR count). The summed E-state index contributed by atoms with van der Waals surface area (Å²) in [6.07, 6.45) is 5.16. The van der Waals surface area contributed by atoms with E-state index in [1.165, 1.54) is 0 Å². The quantitative estimate of drug-likeness (QED) is 0.401. The number of aliphatic imine (C=N–C) groups is 1. The standard InChI is InChI=1S/C19H30N6O.HI/c1-4-20-18(23-15-14-6-13-26-16(14)19(15,2)3)25-11-9-24(10-12-25)17-21-7-5-8-22-17;/h5,7-8,14-16H,4,6,9-13H2,1-3H3,(H,20,23);1H. The molecule has 0 amide bonds. The van der Waals surface area contributed by atoms with Crippen LogP contribution in [0.2, 0.25) is 0 Å². The van der Waals surface area contributed by atoms with Crippen LogP contribution < -0.4 is 10.2 Å². The van der Waals surface area contributed by atoms with Gasteiger partial charge in [0.2, 0.25) is 5.95 Å². The first kappa shape index (κ1) is 20.6. The van der Waals surface area contributed by atoms with Gasteiger partial charge in [0, 0.05) is 69.1 Å². The maximum absolute atomic E-state index is 5.93.